The Morgan fingerprint density at radius 3 is 2.65 bits per heavy atom. The minimum Gasteiger partial charge on any atom is -0.489 e. The highest BCUT2D eigenvalue weighted by molar-refractivity contribution is 5.76. The maximum atomic E-state index is 11.4. The minimum absolute atomic E-state index is 0.145. The smallest absolute Gasteiger partial charge is 0.227 e. The average molecular weight is 423 g/mol. The van der Waals surface area contributed by atoms with Crippen molar-refractivity contribution in [3.8, 4) is 5.75 Å². The van der Waals surface area contributed by atoms with E-state index in [0.29, 0.717) is 12.5 Å². The van der Waals surface area contributed by atoms with Gasteiger partial charge in [-0.25, -0.2) is 4.98 Å². The molecule has 1 aliphatic heterocycles. The molecule has 31 heavy (non-hydrogen) atoms. The maximum absolute atomic E-state index is 11.4. The van der Waals surface area contributed by atoms with Crippen molar-refractivity contribution in [3.63, 3.8) is 0 Å². The van der Waals surface area contributed by atoms with E-state index in [0.717, 1.165) is 37.0 Å². The number of Topliss-reactive ketones (excluding diaryl/α,β-unsaturated/α-hetero) is 1. The molecule has 0 amide bonds. The zero-order valence-corrected chi connectivity index (χ0v) is 19.0. The van der Waals surface area contributed by atoms with Crippen molar-refractivity contribution in [3.05, 3.63) is 42.1 Å². The molecule has 1 aliphatic carbocycles. The summed E-state index contributed by atoms with van der Waals surface area (Å²) < 4.78 is 6.24. The zero-order valence-electron chi connectivity index (χ0n) is 19.0. The van der Waals surface area contributed by atoms with Crippen LogP contribution in [0.2, 0.25) is 0 Å². The van der Waals surface area contributed by atoms with Crippen molar-refractivity contribution < 1.29 is 9.53 Å². The maximum Gasteiger partial charge on any atom is 0.227 e. The third-order valence-electron chi connectivity index (χ3n) is 6.63. The number of aromatic nitrogens is 2. The van der Waals surface area contributed by atoms with Crippen LogP contribution in [0.5, 0.6) is 5.75 Å². The summed E-state index contributed by atoms with van der Waals surface area (Å²) in [4.78, 5) is 25.3. The Balaban J connectivity index is 1.34. The number of anilines is 2. The number of ketones is 1. The largest absolute Gasteiger partial charge is 0.489 e. The van der Waals surface area contributed by atoms with Crippen LogP contribution < -0.4 is 14.5 Å². The number of ether oxygens (including phenoxy) is 1. The van der Waals surface area contributed by atoms with Crippen LogP contribution in [0.3, 0.4) is 0 Å². The van der Waals surface area contributed by atoms with Gasteiger partial charge in [0.15, 0.2) is 0 Å². The van der Waals surface area contributed by atoms with Crippen molar-refractivity contribution in [1.29, 1.82) is 0 Å². The predicted octanol–water partition coefficient (Wildman–Crippen LogP) is 4.60. The van der Waals surface area contributed by atoms with Crippen LogP contribution in [0.15, 0.2) is 36.5 Å². The van der Waals surface area contributed by atoms with E-state index in [-0.39, 0.29) is 17.8 Å². The molecular formula is C25H34N4O2. The number of carbonyl (C=O) groups excluding carboxylic acids is 1. The third-order valence-corrected chi connectivity index (χ3v) is 6.63. The number of hydrogen-bond donors (Lipinski definition) is 0. The molecule has 4 rings (SSSR count). The van der Waals surface area contributed by atoms with Crippen LogP contribution >= 0.6 is 0 Å². The predicted molar refractivity (Wildman–Crippen MR) is 124 cm³/mol. The lowest BCUT2D eigenvalue weighted by molar-refractivity contribution is -0.117. The summed E-state index contributed by atoms with van der Waals surface area (Å²) in [6.07, 6.45) is 8.64. The van der Waals surface area contributed by atoms with Crippen molar-refractivity contribution in [1.82, 2.24) is 9.97 Å². The van der Waals surface area contributed by atoms with Crippen molar-refractivity contribution >= 4 is 17.5 Å². The summed E-state index contributed by atoms with van der Waals surface area (Å²) in [5.41, 5.74) is 1.18. The van der Waals surface area contributed by atoms with Gasteiger partial charge in [-0.2, -0.15) is 4.98 Å². The lowest BCUT2D eigenvalue weighted by atomic mass is 9.96. The van der Waals surface area contributed by atoms with Crippen LogP contribution in [0, 0.1) is 0 Å². The summed E-state index contributed by atoms with van der Waals surface area (Å²) >= 11 is 0. The molecule has 6 heteroatoms. The third kappa shape index (κ3) is 5.35. The fourth-order valence-corrected chi connectivity index (χ4v) is 4.79. The van der Waals surface area contributed by atoms with E-state index in [9.17, 15) is 4.79 Å². The molecule has 0 radical (unpaired) electrons. The molecule has 1 saturated carbocycles. The molecule has 0 bridgehead atoms. The minimum atomic E-state index is 0.145. The van der Waals surface area contributed by atoms with E-state index in [1.807, 2.05) is 24.4 Å². The fraction of sp³-hybridized carbons (Fsp3) is 0.560. The van der Waals surface area contributed by atoms with E-state index in [4.69, 9.17) is 9.72 Å². The van der Waals surface area contributed by atoms with Crippen LogP contribution in [-0.4, -0.2) is 48.0 Å². The molecule has 0 unspecified atom stereocenters. The Morgan fingerprint density at radius 2 is 1.94 bits per heavy atom. The molecule has 1 saturated heterocycles. The topological polar surface area (TPSA) is 58.6 Å². The first kappa shape index (κ1) is 21.6. The summed E-state index contributed by atoms with van der Waals surface area (Å²) in [5, 5.41) is 0. The van der Waals surface area contributed by atoms with E-state index >= 15 is 0 Å². The van der Waals surface area contributed by atoms with Gasteiger partial charge in [0.2, 0.25) is 5.95 Å². The van der Waals surface area contributed by atoms with Gasteiger partial charge in [-0.05, 0) is 49.4 Å². The fourth-order valence-electron chi connectivity index (χ4n) is 4.79. The summed E-state index contributed by atoms with van der Waals surface area (Å²) in [7, 11) is 2.12. The van der Waals surface area contributed by atoms with Crippen LogP contribution in [0.4, 0.5) is 11.8 Å². The van der Waals surface area contributed by atoms with E-state index in [1.54, 1.807) is 6.92 Å². The number of benzene rings is 1. The second-order valence-electron chi connectivity index (χ2n) is 9.11. The van der Waals surface area contributed by atoms with Crippen molar-refractivity contribution in [2.75, 3.05) is 29.9 Å². The van der Waals surface area contributed by atoms with Gasteiger partial charge in [-0.15, -0.1) is 0 Å². The monoisotopic (exact) mass is 422 g/mol. The number of carbonyl (C=O) groups is 1. The normalized spacial score (nSPS) is 20.1. The summed E-state index contributed by atoms with van der Waals surface area (Å²) in [6, 6.07) is 10.8. The number of rotatable bonds is 8. The highest BCUT2D eigenvalue weighted by Crippen LogP contribution is 2.28. The van der Waals surface area contributed by atoms with E-state index < -0.39 is 0 Å². The Bertz CT molecular complexity index is 879. The molecule has 6 nitrogen and oxygen atoms in total. The van der Waals surface area contributed by atoms with Gasteiger partial charge in [0.1, 0.15) is 23.5 Å². The molecule has 2 atom stereocenters. The Morgan fingerprint density at radius 1 is 1.19 bits per heavy atom. The standard InChI is InChI=1S/C25H34N4O2/c1-18(16-19(2)30)20-8-10-22(11-9-20)31-23-13-15-29(17-23)24-12-14-26-25(27-24)28(3)21-6-4-5-7-21/h8-12,14,18,21,23H,4-7,13,15-17H2,1-3H3/t18-,23-/m1/s1. The number of hydrogen-bond acceptors (Lipinski definition) is 6. The molecule has 166 valence electrons. The van der Waals surface area contributed by atoms with E-state index in [2.05, 4.69) is 40.9 Å². The average Bonchev–Trinajstić information content (AvgIpc) is 3.46. The highest BCUT2D eigenvalue weighted by Gasteiger charge is 2.27. The Labute approximate surface area is 185 Å². The molecule has 2 fully saturated rings. The van der Waals surface area contributed by atoms with Crippen LogP contribution in [0.1, 0.15) is 63.9 Å². The molecule has 0 N–H and O–H groups in total. The molecule has 2 aliphatic rings. The summed E-state index contributed by atoms with van der Waals surface area (Å²) in [5.74, 6) is 3.15. The summed E-state index contributed by atoms with van der Waals surface area (Å²) in [6.45, 7) is 5.49. The molecular weight excluding hydrogens is 388 g/mol. The Hall–Kier alpha value is -2.63. The van der Waals surface area contributed by atoms with Crippen molar-refractivity contribution in [2.24, 2.45) is 0 Å². The molecule has 1 aromatic carbocycles. The first-order chi connectivity index (χ1) is 15.0. The van der Waals surface area contributed by atoms with Gasteiger partial charge in [0.05, 0.1) is 6.54 Å². The van der Waals surface area contributed by atoms with Gasteiger partial charge < -0.3 is 19.3 Å². The second kappa shape index (κ2) is 9.67. The van der Waals surface area contributed by atoms with Gasteiger partial charge in [0.25, 0.3) is 0 Å². The second-order valence-corrected chi connectivity index (χ2v) is 9.11. The SMILES string of the molecule is CC(=O)C[C@@H](C)c1ccc(O[C@@H]2CCN(c3ccnc(N(C)C4CCCC4)n3)C2)cc1. The molecule has 1 aromatic heterocycles. The molecule has 2 aromatic rings. The highest BCUT2D eigenvalue weighted by atomic mass is 16.5. The molecule has 2 heterocycles. The Kier molecular flexibility index (Phi) is 6.73. The van der Waals surface area contributed by atoms with Gasteiger partial charge in [0, 0.05) is 38.7 Å². The van der Waals surface area contributed by atoms with Gasteiger partial charge >= 0.3 is 0 Å². The first-order valence-electron chi connectivity index (χ1n) is 11.6. The van der Waals surface area contributed by atoms with Gasteiger partial charge in [-0.3, -0.25) is 0 Å². The van der Waals surface area contributed by atoms with Crippen LogP contribution in [0.25, 0.3) is 0 Å². The lowest BCUT2D eigenvalue weighted by Gasteiger charge is -2.25. The number of nitrogens with zero attached hydrogens (tertiary/aromatic N) is 4. The van der Waals surface area contributed by atoms with E-state index in [1.165, 1.54) is 31.2 Å². The molecule has 0 spiro atoms. The van der Waals surface area contributed by atoms with Crippen molar-refractivity contribution in [2.45, 2.75) is 70.4 Å². The first-order valence-corrected chi connectivity index (χ1v) is 11.6. The van der Waals surface area contributed by atoms with Crippen LogP contribution in [-0.2, 0) is 4.79 Å². The zero-order chi connectivity index (χ0) is 21.8. The van der Waals surface area contributed by atoms with Gasteiger partial charge in [-0.1, -0.05) is 31.9 Å². The lowest BCUT2D eigenvalue weighted by Crippen LogP contribution is -2.31. The quantitative estimate of drug-likeness (QED) is 0.620.